The molecule has 3 rings (SSSR count). The molecule has 0 aliphatic carbocycles. The molecule has 1 fully saturated rings. The molecule has 0 spiro atoms. The van der Waals surface area contributed by atoms with Crippen LogP contribution in [0.5, 0.6) is 11.5 Å². The van der Waals surface area contributed by atoms with Crippen LogP contribution in [-0.4, -0.2) is 31.2 Å². The van der Waals surface area contributed by atoms with Gasteiger partial charge in [0.05, 0.1) is 31.6 Å². The quantitative estimate of drug-likeness (QED) is 0.774. The first kappa shape index (κ1) is 16.2. The van der Waals surface area contributed by atoms with Gasteiger partial charge in [0.2, 0.25) is 5.91 Å². The number of aromatic nitrogens is 1. The SMILES string of the molecule is COc1ccc(NC(=O)C2CC(c3ccccn3)NN2)c(OC)c1. The highest BCUT2D eigenvalue weighted by molar-refractivity contribution is 5.96. The molecule has 1 aliphatic rings. The van der Waals surface area contributed by atoms with Gasteiger partial charge >= 0.3 is 0 Å². The summed E-state index contributed by atoms with van der Waals surface area (Å²) in [4.78, 5) is 16.8. The first-order chi connectivity index (χ1) is 11.7. The molecule has 2 aromatic rings. The second-order valence-corrected chi connectivity index (χ2v) is 5.44. The van der Waals surface area contributed by atoms with Crippen molar-refractivity contribution in [1.29, 1.82) is 0 Å². The second-order valence-electron chi connectivity index (χ2n) is 5.44. The molecule has 1 aliphatic heterocycles. The molecule has 2 unspecified atom stereocenters. The van der Waals surface area contributed by atoms with Gasteiger partial charge in [-0.05, 0) is 30.7 Å². The Labute approximate surface area is 140 Å². The van der Waals surface area contributed by atoms with E-state index in [0.29, 0.717) is 23.6 Å². The minimum absolute atomic E-state index is 0.000266. The smallest absolute Gasteiger partial charge is 0.243 e. The predicted octanol–water partition coefficient (Wildman–Crippen LogP) is 1.65. The van der Waals surface area contributed by atoms with E-state index in [4.69, 9.17) is 9.47 Å². The van der Waals surface area contributed by atoms with Crippen LogP contribution in [0.15, 0.2) is 42.6 Å². The van der Waals surface area contributed by atoms with Crippen LogP contribution in [0.25, 0.3) is 0 Å². The molecule has 2 heterocycles. The average molecular weight is 328 g/mol. The number of hydrazine groups is 1. The van der Waals surface area contributed by atoms with E-state index in [2.05, 4.69) is 21.2 Å². The number of pyridine rings is 1. The first-order valence-electron chi connectivity index (χ1n) is 7.66. The van der Waals surface area contributed by atoms with Crippen molar-refractivity contribution in [2.24, 2.45) is 0 Å². The van der Waals surface area contributed by atoms with E-state index in [9.17, 15) is 4.79 Å². The van der Waals surface area contributed by atoms with Crippen LogP contribution >= 0.6 is 0 Å². The summed E-state index contributed by atoms with van der Waals surface area (Å²) in [6, 6.07) is 10.6. The van der Waals surface area contributed by atoms with Crippen molar-refractivity contribution in [3.05, 3.63) is 48.3 Å². The fourth-order valence-electron chi connectivity index (χ4n) is 2.63. The summed E-state index contributed by atoms with van der Waals surface area (Å²) in [5.74, 6) is 1.08. The topological polar surface area (TPSA) is 84.5 Å². The lowest BCUT2D eigenvalue weighted by molar-refractivity contribution is -0.117. The van der Waals surface area contributed by atoms with E-state index in [0.717, 1.165) is 5.69 Å². The molecule has 1 amide bonds. The number of anilines is 1. The van der Waals surface area contributed by atoms with E-state index in [-0.39, 0.29) is 18.0 Å². The van der Waals surface area contributed by atoms with Crippen molar-refractivity contribution in [1.82, 2.24) is 15.8 Å². The molecule has 2 atom stereocenters. The summed E-state index contributed by atoms with van der Waals surface area (Å²) >= 11 is 0. The molecule has 0 radical (unpaired) electrons. The Kier molecular flexibility index (Phi) is 4.93. The molecule has 1 saturated heterocycles. The van der Waals surface area contributed by atoms with Gasteiger partial charge in [-0.1, -0.05) is 6.07 Å². The van der Waals surface area contributed by atoms with Gasteiger partial charge in [-0.3, -0.25) is 9.78 Å². The van der Waals surface area contributed by atoms with Crippen molar-refractivity contribution >= 4 is 11.6 Å². The highest BCUT2D eigenvalue weighted by Crippen LogP contribution is 2.29. The van der Waals surface area contributed by atoms with Crippen molar-refractivity contribution in [2.75, 3.05) is 19.5 Å². The number of amides is 1. The van der Waals surface area contributed by atoms with Crippen LogP contribution in [0, 0.1) is 0 Å². The number of hydrogen-bond acceptors (Lipinski definition) is 6. The molecule has 1 aromatic carbocycles. The zero-order chi connectivity index (χ0) is 16.9. The molecular formula is C17H20N4O3. The van der Waals surface area contributed by atoms with Crippen LogP contribution < -0.4 is 25.6 Å². The van der Waals surface area contributed by atoms with Crippen molar-refractivity contribution < 1.29 is 14.3 Å². The summed E-state index contributed by atoms with van der Waals surface area (Å²) in [5, 5.41) is 2.88. The van der Waals surface area contributed by atoms with Gasteiger partial charge in [0.25, 0.3) is 0 Å². The molecule has 1 aromatic heterocycles. The maximum Gasteiger partial charge on any atom is 0.243 e. The molecule has 126 valence electrons. The summed E-state index contributed by atoms with van der Waals surface area (Å²) in [6.07, 6.45) is 2.36. The number of carbonyl (C=O) groups is 1. The largest absolute Gasteiger partial charge is 0.497 e. The van der Waals surface area contributed by atoms with Crippen LogP contribution in [-0.2, 0) is 4.79 Å². The van der Waals surface area contributed by atoms with E-state index >= 15 is 0 Å². The fraction of sp³-hybridized carbons (Fsp3) is 0.294. The Morgan fingerprint density at radius 3 is 2.79 bits per heavy atom. The van der Waals surface area contributed by atoms with E-state index < -0.39 is 0 Å². The molecule has 0 bridgehead atoms. The Hall–Kier alpha value is -2.64. The minimum atomic E-state index is -0.358. The Balaban J connectivity index is 1.66. The number of hydrogen-bond donors (Lipinski definition) is 3. The highest BCUT2D eigenvalue weighted by atomic mass is 16.5. The number of benzene rings is 1. The van der Waals surface area contributed by atoms with Gasteiger partial charge in [0.15, 0.2) is 0 Å². The van der Waals surface area contributed by atoms with Crippen molar-refractivity contribution in [3.8, 4) is 11.5 Å². The normalized spacial score (nSPS) is 19.8. The highest BCUT2D eigenvalue weighted by Gasteiger charge is 2.31. The van der Waals surface area contributed by atoms with E-state index in [1.807, 2.05) is 18.2 Å². The van der Waals surface area contributed by atoms with E-state index in [1.54, 1.807) is 38.6 Å². The van der Waals surface area contributed by atoms with Crippen LogP contribution in [0.2, 0.25) is 0 Å². The number of rotatable bonds is 5. The zero-order valence-corrected chi connectivity index (χ0v) is 13.6. The Bertz CT molecular complexity index is 708. The number of nitrogens with zero attached hydrogens (tertiary/aromatic N) is 1. The lowest BCUT2D eigenvalue weighted by Gasteiger charge is -2.14. The summed E-state index contributed by atoms with van der Waals surface area (Å²) < 4.78 is 10.5. The maximum absolute atomic E-state index is 12.5. The molecule has 24 heavy (non-hydrogen) atoms. The predicted molar refractivity (Wildman–Crippen MR) is 89.8 cm³/mol. The van der Waals surface area contributed by atoms with Gasteiger partial charge in [-0.15, -0.1) is 0 Å². The Morgan fingerprint density at radius 1 is 1.21 bits per heavy atom. The molecular weight excluding hydrogens is 308 g/mol. The standard InChI is InChI=1S/C17H20N4O3/c1-23-11-6-7-13(16(9-11)24-2)19-17(22)15-10-14(20-21-15)12-5-3-4-8-18-12/h3-9,14-15,20-21H,10H2,1-2H3,(H,19,22). The first-order valence-corrected chi connectivity index (χ1v) is 7.66. The summed E-state index contributed by atoms with van der Waals surface area (Å²) in [6.45, 7) is 0. The van der Waals surface area contributed by atoms with Crippen LogP contribution in [0.3, 0.4) is 0 Å². The third kappa shape index (κ3) is 3.47. The van der Waals surface area contributed by atoms with Crippen LogP contribution in [0.1, 0.15) is 18.2 Å². The third-order valence-corrected chi connectivity index (χ3v) is 3.93. The van der Waals surface area contributed by atoms with Gasteiger partial charge in [0.1, 0.15) is 17.5 Å². The molecule has 7 nitrogen and oxygen atoms in total. The van der Waals surface area contributed by atoms with Crippen LogP contribution in [0.4, 0.5) is 5.69 Å². The summed E-state index contributed by atoms with van der Waals surface area (Å²) in [5.41, 5.74) is 7.64. The average Bonchev–Trinajstić information content (AvgIpc) is 3.13. The van der Waals surface area contributed by atoms with Gasteiger partial charge in [0, 0.05) is 12.3 Å². The number of nitrogens with one attached hydrogen (secondary N) is 3. The van der Waals surface area contributed by atoms with Gasteiger partial charge in [-0.25, -0.2) is 10.9 Å². The fourth-order valence-corrected chi connectivity index (χ4v) is 2.63. The lowest BCUT2D eigenvalue weighted by Crippen LogP contribution is -2.39. The van der Waals surface area contributed by atoms with Crippen molar-refractivity contribution in [3.63, 3.8) is 0 Å². The number of ether oxygens (including phenoxy) is 2. The third-order valence-electron chi connectivity index (χ3n) is 3.93. The number of carbonyl (C=O) groups excluding carboxylic acids is 1. The monoisotopic (exact) mass is 328 g/mol. The lowest BCUT2D eigenvalue weighted by atomic mass is 10.1. The molecule has 0 saturated carbocycles. The molecule has 3 N–H and O–H groups in total. The van der Waals surface area contributed by atoms with Crippen molar-refractivity contribution in [2.45, 2.75) is 18.5 Å². The molecule has 7 heteroatoms. The van der Waals surface area contributed by atoms with E-state index in [1.165, 1.54) is 0 Å². The minimum Gasteiger partial charge on any atom is -0.497 e. The second kappa shape index (κ2) is 7.29. The van der Waals surface area contributed by atoms with Gasteiger partial charge in [-0.2, -0.15) is 0 Å². The zero-order valence-electron chi connectivity index (χ0n) is 13.6. The van der Waals surface area contributed by atoms with Gasteiger partial charge < -0.3 is 14.8 Å². The maximum atomic E-state index is 12.5. The summed E-state index contributed by atoms with van der Waals surface area (Å²) in [7, 11) is 3.13. The Morgan fingerprint density at radius 2 is 2.08 bits per heavy atom. The number of methoxy groups -OCH3 is 2.